The first kappa shape index (κ1) is 15.0. The summed E-state index contributed by atoms with van der Waals surface area (Å²) in [5, 5.41) is 7.06. The van der Waals surface area contributed by atoms with Crippen LogP contribution in [0.25, 0.3) is 17.3 Å². The normalized spacial score (nSPS) is 10.7. The topological polar surface area (TPSA) is 79.7 Å². The minimum atomic E-state index is 0.0400. The van der Waals surface area contributed by atoms with Gasteiger partial charge in [-0.05, 0) is 26.0 Å². The molecule has 1 aromatic carbocycles. The van der Waals surface area contributed by atoms with E-state index in [-0.39, 0.29) is 5.91 Å². The van der Waals surface area contributed by atoms with Gasteiger partial charge in [0.1, 0.15) is 6.33 Å². The number of nitrogens with zero attached hydrogens (tertiary/aromatic N) is 5. The van der Waals surface area contributed by atoms with Crippen molar-refractivity contribution < 1.29 is 4.79 Å². The van der Waals surface area contributed by atoms with E-state index in [0.29, 0.717) is 30.4 Å². The fraction of sp³-hybridized carbons (Fsp3) is 0.250. The lowest BCUT2D eigenvalue weighted by molar-refractivity contribution is 0.0773. The number of hydrogen-bond acceptors (Lipinski definition) is 4. The monoisotopic (exact) mass is 310 g/mol. The van der Waals surface area contributed by atoms with E-state index in [4.69, 9.17) is 0 Å². The SMILES string of the molecule is CCN(CC)C(=O)c1ccc(-c2nc(-n3ccnc3)n[nH]2)cc1. The van der Waals surface area contributed by atoms with E-state index < -0.39 is 0 Å². The van der Waals surface area contributed by atoms with Crippen LogP contribution >= 0.6 is 0 Å². The van der Waals surface area contributed by atoms with Crippen molar-refractivity contribution in [3.8, 4) is 17.3 Å². The highest BCUT2D eigenvalue weighted by Gasteiger charge is 2.13. The van der Waals surface area contributed by atoms with Gasteiger partial charge in [-0.25, -0.2) is 4.98 Å². The number of hydrogen-bond donors (Lipinski definition) is 1. The fourth-order valence-corrected chi connectivity index (χ4v) is 2.34. The second-order valence-corrected chi connectivity index (χ2v) is 5.01. The molecule has 118 valence electrons. The van der Waals surface area contributed by atoms with E-state index in [1.54, 1.807) is 28.2 Å². The number of H-pyrrole nitrogens is 1. The molecular weight excluding hydrogens is 292 g/mol. The molecule has 1 N–H and O–H groups in total. The van der Waals surface area contributed by atoms with Crippen LogP contribution in [0.5, 0.6) is 0 Å². The number of nitrogens with one attached hydrogen (secondary N) is 1. The van der Waals surface area contributed by atoms with Gasteiger partial charge in [-0.1, -0.05) is 12.1 Å². The van der Waals surface area contributed by atoms with Gasteiger partial charge in [-0.2, -0.15) is 4.98 Å². The average Bonchev–Trinajstić information content (AvgIpc) is 3.27. The maximum atomic E-state index is 12.3. The summed E-state index contributed by atoms with van der Waals surface area (Å²) >= 11 is 0. The van der Waals surface area contributed by atoms with E-state index in [2.05, 4.69) is 20.2 Å². The number of aromatic amines is 1. The fourth-order valence-electron chi connectivity index (χ4n) is 2.34. The third-order valence-electron chi connectivity index (χ3n) is 3.66. The van der Waals surface area contributed by atoms with Gasteiger partial charge < -0.3 is 4.90 Å². The molecule has 3 aromatic rings. The maximum absolute atomic E-state index is 12.3. The van der Waals surface area contributed by atoms with Gasteiger partial charge in [-0.15, -0.1) is 5.10 Å². The van der Waals surface area contributed by atoms with Crippen LogP contribution in [0.2, 0.25) is 0 Å². The second kappa shape index (κ2) is 6.43. The van der Waals surface area contributed by atoms with Crippen molar-refractivity contribution >= 4 is 5.91 Å². The molecule has 0 bridgehead atoms. The van der Waals surface area contributed by atoms with Gasteiger partial charge in [0.05, 0.1) is 0 Å². The van der Waals surface area contributed by atoms with Crippen LogP contribution < -0.4 is 0 Å². The van der Waals surface area contributed by atoms with E-state index >= 15 is 0 Å². The zero-order valence-electron chi connectivity index (χ0n) is 13.1. The molecule has 0 aliphatic rings. The van der Waals surface area contributed by atoms with Crippen molar-refractivity contribution in [2.75, 3.05) is 13.1 Å². The van der Waals surface area contributed by atoms with Crippen LogP contribution in [0.4, 0.5) is 0 Å². The number of carbonyl (C=O) groups is 1. The van der Waals surface area contributed by atoms with Crippen LogP contribution in [0, 0.1) is 0 Å². The number of rotatable bonds is 5. The summed E-state index contributed by atoms with van der Waals surface area (Å²) in [5.41, 5.74) is 1.55. The maximum Gasteiger partial charge on any atom is 0.254 e. The highest BCUT2D eigenvalue weighted by molar-refractivity contribution is 5.94. The minimum Gasteiger partial charge on any atom is -0.339 e. The molecule has 0 unspecified atom stereocenters. The largest absolute Gasteiger partial charge is 0.339 e. The molecule has 0 spiro atoms. The molecular formula is C16H18N6O. The first-order valence-electron chi connectivity index (χ1n) is 7.53. The van der Waals surface area contributed by atoms with Crippen LogP contribution in [0.1, 0.15) is 24.2 Å². The number of amides is 1. The summed E-state index contributed by atoms with van der Waals surface area (Å²) in [6.45, 7) is 5.35. The molecule has 1 amide bonds. The lowest BCUT2D eigenvalue weighted by Gasteiger charge is -2.18. The van der Waals surface area contributed by atoms with Crippen molar-refractivity contribution in [1.82, 2.24) is 29.6 Å². The number of imidazole rings is 1. The summed E-state index contributed by atoms with van der Waals surface area (Å²) in [5.74, 6) is 1.22. The molecule has 0 atom stereocenters. The number of carbonyl (C=O) groups excluding carboxylic acids is 1. The summed E-state index contributed by atoms with van der Waals surface area (Å²) in [6.07, 6.45) is 5.08. The molecule has 0 radical (unpaired) electrons. The lowest BCUT2D eigenvalue weighted by atomic mass is 10.1. The zero-order chi connectivity index (χ0) is 16.2. The first-order valence-corrected chi connectivity index (χ1v) is 7.53. The molecule has 0 fully saturated rings. The van der Waals surface area contributed by atoms with E-state index in [1.165, 1.54) is 0 Å². The molecule has 7 heteroatoms. The van der Waals surface area contributed by atoms with Crippen molar-refractivity contribution in [1.29, 1.82) is 0 Å². The van der Waals surface area contributed by atoms with E-state index in [0.717, 1.165) is 5.56 Å². The van der Waals surface area contributed by atoms with Crippen molar-refractivity contribution in [2.24, 2.45) is 0 Å². The van der Waals surface area contributed by atoms with E-state index in [1.807, 2.05) is 38.1 Å². The summed E-state index contributed by atoms with van der Waals surface area (Å²) in [7, 11) is 0. The van der Waals surface area contributed by atoms with Crippen molar-refractivity contribution in [3.63, 3.8) is 0 Å². The van der Waals surface area contributed by atoms with Crippen LogP contribution in [-0.2, 0) is 0 Å². The zero-order valence-corrected chi connectivity index (χ0v) is 13.1. The van der Waals surface area contributed by atoms with Gasteiger partial charge in [-0.3, -0.25) is 14.5 Å². The van der Waals surface area contributed by atoms with Gasteiger partial charge in [0.25, 0.3) is 11.9 Å². The second-order valence-electron chi connectivity index (χ2n) is 5.01. The minimum absolute atomic E-state index is 0.0400. The Balaban J connectivity index is 1.81. The Hall–Kier alpha value is -2.96. The smallest absolute Gasteiger partial charge is 0.254 e. The van der Waals surface area contributed by atoms with E-state index in [9.17, 15) is 4.79 Å². The predicted octanol–water partition coefficient (Wildman–Crippen LogP) is 2.14. The van der Waals surface area contributed by atoms with Crippen LogP contribution in [0.15, 0.2) is 43.0 Å². The van der Waals surface area contributed by atoms with Crippen LogP contribution in [0.3, 0.4) is 0 Å². The van der Waals surface area contributed by atoms with Crippen molar-refractivity contribution in [3.05, 3.63) is 48.5 Å². The Kier molecular flexibility index (Phi) is 4.18. The first-order chi connectivity index (χ1) is 11.2. The molecule has 0 saturated heterocycles. The third kappa shape index (κ3) is 2.98. The summed E-state index contributed by atoms with van der Waals surface area (Å²) in [4.78, 5) is 22.5. The highest BCUT2D eigenvalue weighted by Crippen LogP contribution is 2.17. The Morgan fingerprint density at radius 1 is 1.22 bits per heavy atom. The van der Waals surface area contributed by atoms with Gasteiger partial charge in [0.15, 0.2) is 5.82 Å². The Morgan fingerprint density at radius 2 is 1.96 bits per heavy atom. The molecule has 0 aliphatic carbocycles. The van der Waals surface area contributed by atoms with Gasteiger partial charge in [0, 0.05) is 36.6 Å². The predicted molar refractivity (Wildman–Crippen MR) is 86.2 cm³/mol. The number of benzene rings is 1. The van der Waals surface area contributed by atoms with Gasteiger partial charge in [0.2, 0.25) is 0 Å². The highest BCUT2D eigenvalue weighted by atomic mass is 16.2. The molecule has 3 rings (SSSR count). The van der Waals surface area contributed by atoms with Gasteiger partial charge >= 0.3 is 0 Å². The Morgan fingerprint density at radius 3 is 2.57 bits per heavy atom. The summed E-state index contributed by atoms with van der Waals surface area (Å²) in [6, 6.07) is 7.37. The molecule has 0 saturated carbocycles. The quantitative estimate of drug-likeness (QED) is 0.783. The molecule has 7 nitrogen and oxygen atoms in total. The van der Waals surface area contributed by atoms with Crippen molar-refractivity contribution in [2.45, 2.75) is 13.8 Å². The Bertz CT molecular complexity index is 771. The molecule has 0 aliphatic heterocycles. The Labute approximate surface area is 134 Å². The van der Waals surface area contributed by atoms with Crippen LogP contribution in [-0.4, -0.2) is 48.6 Å². The number of aromatic nitrogens is 5. The molecule has 23 heavy (non-hydrogen) atoms. The molecule has 2 heterocycles. The average molecular weight is 310 g/mol. The molecule has 2 aromatic heterocycles. The summed E-state index contributed by atoms with van der Waals surface area (Å²) < 4.78 is 1.72. The standard InChI is InChI=1S/C16H18N6O/c1-3-21(4-2)15(23)13-7-5-12(6-8-13)14-18-16(20-19-14)22-10-9-17-11-22/h5-11H,3-4H2,1-2H3,(H,18,19,20). The third-order valence-corrected chi connectivity index (χ3v) is 3.66. The lowest BCUT2D eigenvalue weighted by Crippen LogP contribution is -2.30.